The number of hydrogen-bond acceptors (Lipinski definition) is 9. The SMILES string of the molecule is CCN(CCN(CC(=O)N(C)N1Cc2ccccc2C1)C(=O)CNc1ccc(-c2ccc(OC)nn2)cc1C)C(=O)OC(C)(C)C. The van der Waals surface area contributed by atoms with Gasteiger partial charge in [-0.05, 0) is 69.5 Å². The number of carbonyl (C=O) groups is 3. The van der Waals surface area contributed by atoms with Gasteiger partial charge in [-0.15, -0.1) is 10.2 Å². The number of benzene rings is 2. The molecule has 0 atom stereocenters. The third-order valence-corrected chi connectivity index (χ3v) is 7.76. The lowest BCUT2D eigenvalue weighted by Crippen LogP contribution is -2.50. The summed E-state index contributed by atoms with van der Waals surface area (Å²) in [4.78, 5) is 43.0. The van der Waals surface area contributed by atoms with Crippen LogP contribution in [0.25, 0.3) is 11.3 Å². The Morgan fingerprint density at radius 3 is 2.17 bits per heavy atom. The molecule has 4 rings (SSSR count). The smallest absolute Gasteiger partial charge is 0.410 e. The third-order valence-electron chi connectivity index (χ3n) is 7.76. The number of methoxy groups -OCH3 is 1. The molecule has 0 radical (unpaired) electrons. The predicted octanol–water partition coefficient (Wildman–Crippen LogP) is 4.35. The number of ether oxygens (including phenoxy) is 2. The van der Waals surface area contributed by atoms with Gasteiger partial charge < -0.3 is 24.6 Å². The van der Waals surface area contributed by atoms with Gasteiger partial charge in [0.15, 0.2) is 0 Å². The molecule has 46 heavy (non-hydrogen) atoms. The number of amides is 3. The van der Waals surface area contributed by atoms with Crippen LogP contribution >= 0.6 is 0 Å². The molecule has 1 aliphatic rings. The molecule has 12 heteroatoms. The van der Waals surface area contributed by atoms with Crippen molar-refractivity contribution in [2.75, 3.05) is 52.2 Å². The van der Waals surface area contributed by atoms with E-state index in [4.69, 9.17) is 9.47 Å². The number of aromatic nitrogens is 2. The van der Waals surface area contributed by atoms with Crippen LogP contribution in [0.2, 0.25) is 0 Å². The summed E-state index contributed by atoms with van der Waals surface area (Å²) in [6.45, 7) is 11.1. The highest BCUT2D eigenvalue weighted by Crippen LogP contribution is 2.25. The molecule has 0 saturated carbocycles. The van der Waals surface area contributed by atoms with E-state index in [0.717, 1.165) is 16.8 Å². The van der Waals surface area contributed by atoms with Gasteiger partial charge in [0, 0.05) is 57.1 Å². The van der Waals surface area contributed by atoms with Gasteiger partial charge >= 0.3 is 6.09 Å². The van der Waals surface area contributed by atoms with E-state index in [0.29, 0.717) is 31.2 Å². The number of hydrogen-bond donors (Lipinski definition) is 1. The minimum atomic E-state index is -0.650. The highest BCUT2D eigenvalue weighted by Gasteiger charge is 2.28. The van der Waals surface area contributed by atoms with Crippen LogP contribution in [0, 0.1) is 6.92 Å². The van der Waals surface area contributed by atoms with E-state index in [2.05, 4.69) is 27.6 Å². The molecule has 1 aromatic heterocycles. The van der Waals surface area contributed by atoms with E-state index in [-0.39, 0.29) is 38.0 Å². The maximum Gasteiger partial charge on any atom is 0.410 e. The molecule has 246 valence electrons. The fraction of sp³-hybridized carbons (Fsp3) is 0.441. The molecular formula is C34H45N7O5. The number of nitrogens with one attached hydrogen (secondary N) is 1. The Balaban J connectivity index is 1.44. The van der Waals surface area contributed by atoms with Crippen LogP contribution in [0.1, 0.15) is 44.4 Å². The molecule has 0 aliphatic carbocycles. The Labute approximate surface area is 271 Å². The number of nitrogens with zero attached hydrogens (tertiary/aromatic N) is 6. The van der Waals surface area contributed by atoms with E-state index < -0.39 is 11.7 Å². The third kappa shape index (κ3) is 8.94. The van der Waals surface area contributed by atoms with Crippen LogP contribution in [0.4, 0.5) is 10.5 Å². The van der Waals surface area contributed by atoms with E-state index in [1.54, 1.807) is 25.2 Å². The summed E-state index contributed by atoms with van der Waals surface area (Å²) in [6, 6.07) is 17.4. The van der Waals surface area contributed by atoms with E-state index >= 15 is 0 Å². The summed E-state index contributed by atoms with van der Waals surface area (Å²) in [5.41, 5.74) is 4.98. The van der Waals surface area contributed by atoms with Crippen molar-refractivity contribution in [1.82, 2.24) is 30.0 Å². The van der Waals surface area contributed by atoms with Gasteiger partial charge in [-0.2, -0.15) is 0 Å². The summed E-state index contributed by atoms with van der Waals surface area (Å²) >= 11 is 0. The molecule has 0 bridgehead atoms. The molecule has 1 aliphatic heterocycles. The maximum absolute atomic E-state index is 13.6. The standard InChI is InChI=1S/C34H45N7O5/c1-8-39(33(44)46-34(3,4)5)17-18-40(23-32(43)38(6)41-21-26-11-9-10-12-27(26)22-41)31(42)20-35-28-14-13-25(19-24(28)2)29-15-16-30(45-7)37-36-29/h9-16,19,35H,8,17-18,20-23H2,1-7H3. The molecule has 0 spiro atoms. The predicted molar refractivity (Wildman–Crippen MR) is 176 cm³/mol. The second-order valence-corrected chi connectivity index (χ2v) is 12.2. The molecule has 2 heterocycles. The van der Waals surface area contributed by atoms with Crippen LogP contribution in [0.15, 0.2) is 54.6 Å². The zero-order chi connectivity index (χ0) is 33.4. The van der Waals surface area contributed by atoms with E-state index in [9.17, 15) is 14.4 Å². The van der Waals surface area contributed by atoms with Gasteiger partial charge in [0.25, 0.3) is 5.91 Å². The number of carbonyl (C=O) groups excluding carboxylic acids is 3. The lowest BCUT2D eigenvalue weighted by molar-refractivity contribution is -0.151. The second-order valence-electron chi connectivity index (χ2n) is 12.2. The van der Waals surface area contributed by atoms with Crippen molar-refractivity contribution in [2.24, 2.45) is 0 Å². The quantitative estimate of drug-likeness (QED) is 0.311. The lowest BCUT2D eigenvalue weighted by atomic mass is 10.1. The Hall–Kier alpha value is -4.71. The average Bonchev–Trinajstić information content (AvgIpc) is 3.47. The van der Waals surface area contributed by atoms with Crippen LogP contribution in [-0.2, 0) is 27.4 Å². The number of rotatable bonds is 12. The van der Waals surface area contributed by atoms with Gasteiger partial charge in [0.05, 0.1) is 19.3 Å². The largest absolute Gasteiger partial charge is 0.480 e. The van der Waals surface area contributed by atoms with Crippen molar-refractivity contribution in [3.05, 3.63) is 71.3 Å². The molecule has 1 N–H and O–H groups in total. The van der Waals surface area contributed by atoms with Crippen molar-refractivity contribution >= 4 is 23.6 Å². The van der Waals surface area contributed by atoms with Crippen molar-refractivity contribution in [3.63, 3.8) is 0 Å². The van der Waals surface area contributed by atoms with Crippen LogP contribution in [-0.4, -0.2) is 100 Å². The first-order valence-electron chi connectivity index (χ1n) is 15.4. The average molecular weight is 632 g/mol. The minimum absolute atomic E-state index is 0.0345. The molecule has 3 aromatic rings. The van der Waals surface area contributed by atoms with Gasteiger partial charge in [0.2, 0.25) is 11.8 Å². The Morgan fingerprint density at radius 1 is 0.935 bits per heavy atom. The summed E-state index contributed by atoms with van der Waals surface area (Å²) in [5.74, 6) is -0.0519. The monoisotopic (exact) mass is 631 g/mol. The Morgan fingerprint density at radius 2 is 1.61 bits per heavy atom. The van der Waals surface area contributed by atoms with E-state index in [1.165, 1.54) is 20.9 Å². The molecule has 2 aromatic carbocycles. The van der Waals surface area contributed by atoms with Crippen molar-refractivity contribution in [3.8, 4) is 17.1 Å². The number of fused-ring (bicyclic) bond motifs is 1. The zero-order valence-corrected chi connectivity index (χ0v) is 27.9. The minimum Gasteiger partial charge on any atom is -0.480 e. The maximum atomic E-state index is 13.6. The normalized spacial score (nSPS) is 12.7. The second kappa shape index (κ2) is 15.0. The number of aryl methyl sites for hydroxylation is 1. The van der Waals surface area contributed by atoms with E-state index in [1.807, 2.05) is 76.0 Å². The molecule has 12 nitrogen and oxygen atoms in total. The van der Waals surface area contributed by atoms with Crippen molar-refractivity contribution in [1.29, 1.82) is 0 Å². The van der Waals surface area contributed by atoms with Gasteiger partial charge in [-0.3, -0.25) is 14.6 Å². The molecule has 0 unspecified atom stereocenters. The molecular weight excluding hydrogens is 586 g/mol. The zero-order valence-electron chi connectivity index (χ0n) is 27.9. The Bertz CT molecular complexity index is 1500. The highest BCUT2D eigenvalue weighted by atomic mass is 16.6. The van der Waals surface area contributed by atoms with Crippen LogP contribution in [0.3, 0.4) is 0 Å². The molecule has 3 amide bonds. The van der Waals surface area contributed by atoms with Crippen molar-refractivity contribution < 1.29 is 23.9 Å². The topological polar surface area (TPSA) is 120 Å². The van der Waals surface area contributed by atoms with Crippen LogP contribution < -0.4 is 10.1 Å². The lowest BCUT2D eigenvalue weighted by Gasteiger charge is -2.32. The summed E-state index contributed by atoms with van der Waals surface area (Å²) < 4.78 is 10.6. The first-order chi connectivity index (χ1) is 21.9. The summed E-state index contributed by atoms with van der Waals surface area (Å²) in [7, 11) is 3.27. The first kappa shape index (κ1) is 34.2. The number of hydrazine groups is 1. The van der Waals surface area contributed by atoms with Crippen LogP contribution in [0.5, 0.6) is 5.88 Å². The fourth-order valence-corrected chi connectivity index (χ4v) is 5.08. The van der Waals surface area contributed by atoms with Gasteiger partial charge in [0.1, 0.15) is 12.1 Å². The summed E-state index contributed by atoms with van der Waals surface area (Å²) in [6.07, 6.45) is -0.462. The van der Waals surface area contributed by atoms with Gasteiger partial charge in [-0.1, -0.05) is 30.3 Å². The number of anilines is 1. The molecule has 0 fully saturated rings. The number of likely N-dealkylation sites (N-methyl/N-ethyl adjacent to an activating group) is 2. The Kier molecular flexibility index (Phi) is 11.2. The van der Waals surface area contributed by atoms with Crippen molar-refractivity contribution in [2.45, 2.75) is 53.3 Å². The highest BCUT2D eigenvalue weighted by molar-refractivity contribution is 5.87. The summed E-state index contributed by atoms with van der Waals surface area (Å²) in [5, 5.41) is 15.0. The fourth-order valence-electron chi connectivity index (χ4n) is 5.08. The first-order valence-corrected chi connectivity index (χ1v) is 15.4. The molecule has 0 saturated heterocycles. The van der Waals surface area contributed by atoms with Gasteiger partial charge in [-0.25, -0.2) is 9.80 Å².